The van der Waals surface area contributed by atoms with Crippen molar-refractivity contribution in [3.05, 3.63) is 47.9 Å². The van der Waals surface area contributed by atoms with Gasteiger partial charge in [0.05, 0.1) is 12.3 Å². The van der Waals surface area contributed by atoms with Crippen molar-refractivity contribution in [2.45, 2.75) is 6.92 Å². The van der Waals surface area contributed by atoms with Gasteiger partial charge in [0.2, 0.25) is 0 Å². The van der Waals surface area contributed by atoms with Gasteiger partial charge in [-0.25, -0.2) is 23.5 Å². The van der Waals surface area contributed by atoms with Crippen molar-refractivity contribution in [3.8, 4) is 0 Å². The number of piperazine rings is 1. The highest BCUT2D eigenvalue weighted by Crippen LogP contribution is 2.20. The molecule has 2 aromatic rings. The third kappa shape index (κ3) is 4.51. The summed E-state index contributed by atoms with van der Waals surface area (Å²) < 4.78 is 31.7. The summed E-state index contributed by atoms with van der Waals surface area (Å²) >= 11 is 0. The largest absolute Gasteiger partial charge is 0.450 e. The van der Waals surface area contributed by atoms with Crippen molar-refractivity contribution in [3.63, 3.8) is 0 Å². The molecule has 1 fully saturated rings. The van der Waals surface area contributed by atoms with Gasteiger partial charge in [-0.1, -0.05) is 0 Å². The van der Waals surface area contributed by atoms with Crippen molar-refractivity contribution in [2.24, 2.45) is 0 Å². The number of aromatic nitrogens is 2. The van der Waals surface area contributed by atoms with Gasteiger partial charge in [0.15, 0.2) is 0 Å². The molecule has 10 heteroatoms. The van der Waals surface area contributed by atoms with Crippen LogP contribution in [0.25, 0.3) is 0 Å². The number of carbonyl (C=O) groups is 2. The van der Waals surface area contributed by atoms with Crippen molar-refractivity contribution >= 4 is 23.5 Å². The van der Waals surface area contributed by atoms with E-state index in [9.17, 15) is 18.4 Å². The number of hydrogen-bond acceptors (Lipinski definition) is 6. The van der Waals surface area contributed by atoms with Gasteiger partial charge in [0.1, 0.15) is 29.5 Å². The molecule has 0 radical (unpaired) electrons. The fourth-order valence-corrected chi connectivity index (χ4v) is 2.74. The molecular formula is C18H19F2N5O3. The van der Waals surface area contributed by atoms with E-state index in [4.69, 9.17) is 4.74 Å². The Morgan fingerprint density at radius 3 is 2.50 bits per heavy atom. The first-order valence-corrected chi connectivity index (χ1v) is 8.73. The van der Waals surface area contributed by atoms with E-state index in [2.05, 4.69) is 15.3 Å². The van der Waals surface area contributed by atoms with Crippen LogP contribution in [0.2, 0.25) is 0 Å². The Kier molecular flexibility index (Phi) is 5.97. The van der Waals surface area contributed by atoms with Gasteiger partial charge in [-0.3, -0.25) is 4.79 Å². The van der Waals surface area contributed by atoms with Crippen LogP contribution >= 0.6 is 0 Å². The summed E-state index contributed by atoms with van der Waals surface area (Å²) in [6, 6.07) is 4.49. The number of hydrogen-bond donors (Lipinski definition) is 1. The Hall–Kier alpha value is -3.30. The van der Waals surface area contributed by atoms with Crippen molar-refractivity contribution in [2.75, 3.05) is 38.1 Å². The van der Waals surface area contributed by atoms with E-state index in [0.29, 0.717) is 32.8 Å². The van der Waals surface area contributed by atoms with Gasteiger partial charge in [0, 0.05) is 38.3 Å². The molecule has 1 aromatic heterocycles. The van der Waals surface area contributed by atoms with E-state index in [-0.39, 0.29) is 23.1 Å². The average Bonchev–Trinajstić information content (AvgIpc) is 2.70. The first kappa shape index (κ1) is 19.5. The number of nitrogens with one attached hydrogen (secondary N) is 1. The van der Waals surface area contributed by atoms with Crippen molar-refractivity contribution < 1.29 is 23.1 Å². The first-order chi connectivity index (χ1) is 13.5. The molecule has 2 heterocycles. The maximum Gasteiger partial charge on any atom is 0.409 e. The number of halogens is 2. The molecule has 0 aliphatic carbocycles. The van der Waals surface area contributed by atoms with Gasteiger partial charge in [0.25, 0.3) is 5.91 Å². The van der Waals surface area contributed by atoms with Gasteiger partial charge in [-0.05, 0) is 19.1 Å². The molecule has 8 nitrogen and oxygen atoms in total. The molecule has 3 rings (SSSR count). The van der Waals surface area contributed by atoms with Crippen LogP contribution < -0.4 is 5.32 Å². The molecule has 1 aromatic carbocycles. The number of rotatable bonds is 4. The SMILES string of the molecule is CCOC(=O)N1CCN(C(=O)c2cc(Nc3ccc(F)cc3F)ncn2)CC1. The number of carbonyl (C=O) groups excluding carboxylic acids is 2. The van der Waals surface area contributed by atoms with E-state index in [1.165, 1.54) is 23.4 Å². The lowest BCUT2D eigenvalue weighted by Gasteiger charge is -2.33. The van der Waals surface area contributed by atoms with E-state index in [1.807, 2.05) is 0 Å². The van der Waals surface area contributed by atoms with Crippen LogP contribution in [-0.2, 0) is 4.74 Å². The summed E-state index contributed by atoms with van der Waals surface area (Å²) in [4.78, 5) is 35.4. The zero-order valence-electron chi connectivity index (χ0n) is 15.2. The standard InChI is InChI=1S/C18H19F2N5O3/c1-2-28-18(27)25-7-5-24(6-8-25)17(26)15-10-16(22-11-21-15)23-14-4-3-12(19)9-13(14)20/h3-4,9-11H,2,5-8H2,1H3,(H,21,22,23). The average molecular weight is 391 g/mol. The molecule has 1 saturated heterocycles. The van der Waals surface area contributed by atoms with Gasteiger partial charge in [-0.15, -0.1) is 0 Å². The van der Waals surface area contributed by atoms with E-state index in [1.54, 1.807) is 11.8 Å². The maximum atomic E-state index is 13.8. The van der Waals surface area contributed by atoms with Crippen molar-refractivity contribution in [1.82, 2.24) is 19.8 Å². The highest BCUT2D eigenvalue weighted by atomic mass is 19.1. The fourth-order valence-electron chi connectivity index (χ4n) is 2.74. The molecule has 0 bridgehead atoms. The van der Waals surface area contributed by atoms with Crippen LogP contribution in [0, 0.1) is 11.6 Å². The summed E-state index contributed by atoms with van der Waals surface area (Å²) in [6.07, 6.45) is 0.788. The number of benzene rings is 1. The predicted octanol–water partition coefficient (Wildman–Crippen LogP) is 2.41. The minimum atomic E-state index is -0.776. The van der Waals surface area contributed by atoms with Crippen LogP contribution in [0.4, 0.5) is 25.1 Å². The molecule has 0 atom stereocenters. The second-order valence-corrected chi connectivity index (χ2v) is 6.02. The van der Waals surface area contributed by atoms with E-state index >= 15 is 0 Å². The summed E-state index contributed by atoms with van der Waals surface area (Å²) in [5.74, 6) is -1.59. The molecule has 2 amide bonds. The highest BCUT2D eigenvalue weighted by molar-refractivity contribution is 5.93. The molecule has 0 unspecified atom stereocenters. The number of nitrogens with zero attached hydrogens (tertiary/aromatic N) is 4. The lowest BCUT2D eigenvalue weighted by atomic mass is 10.2. The second kappa shape index (κ2) is 8.59. The minimum Gasteiger partial charge on any atom is -0.450 e. The molecule has 1 aliphatic heterocycles. The van der Waals surface area contributed by atoms with Crippen molar-refractivity contribution in [1.29, 1.82) is 0 Å². The maximum absolute atomic E-state index is 13.8. The van der Waals surface area contributed by atoms with E-state index < -0.39 is 17.7 Å². The second-order valence-electron chi connectivity index (χ2n) is 6.02. The molecular weight excluding hydrogens is 372 g/mol. The smallest absolute Gasteiger partial charge is 0.409 e. The zero-order valence-corrected chi connectivity index (χ0v) is 15.2. The Labute approximate surface area is 160 Å². The lowest BCUT2D eigenvalue weighted by molar-refractivity contribution is 0.0566. The monoisotopic (exact) mass is 391 g/mol. The van der Waals surface area contributed by atoms with Crippen LogP contribution in [-0.4, -0.2) is 64.6 Å². The molecule has 1 N–H and O–H groups in total. The summed E-state index contributed by atoms with van der Waals surface area (Å²) in [5.41, 5.74) is 0.158. The number of ether oxygens (including phenoxy) is 1. The summed E-state index contributed by atoms with van der Waals surface area (Å²) in [5, 5.41) is 2.70. The van der Waals surface area contributed by atoms with Crippen LogP contribution in [0.3, 0.4) is 0 Å². The quantitative estimate of drug-likeness (QED) is 0.861. The summed E-state index contributed by atoms with van der Waals surface area (Å²) in [7, 11) is 0. The van der Waals surface area contributed by atoms with Gasteiger partial charge in [-0.2, -0.15) is 0 Å². The van der Waals surface area contributed by atoms with E-state index in [0.717, 1.165) is 12.1 Å². The third-order valence-electron chi connectivity index (χ3n) is 4.17. The third-order valence-corrected chi connectivity index (χ3v) is 4.17. The number of anilines is 2. The molecule has 148 valence electrons. The van der Waals surface area contributed by atoms with Crippen LogP contribution in [0.5, 0.6) is 0 Å². The summed E-state index contributed by atoms with van der Waals surface area (Å²) in [6.45, 7) is 3.44. The van der Waals surface area contributed by atoms with Crippen LogP contribution in [0.1, 0.15) is 17.4 Å². The fraction of sp³-hybridized carbons (Fsp3) is 0.333. The number of amides is 2. The first-order valence-electron chi connectivity index (χ1n) is 8.73. The molecule has 1 aliphatic rings. The van der Waals surface area contributed by atoms with Gasteiger partial charge < -0.3 is 19.9 Å². The normalized spacial score (nSPS) is 14.0. The predicted molar refractivity (Wildman–Crippen MR) is 96.2 cm³/mol. The Morgan fingerprint density at radius 2 is 1.82 bits per heavy atom. The Balaban J connectivity index is 1.65. The lowest BCUT2D eigenvalue weighted by Crippen LogP contribution is -2.50. The Morgan fingerprint density at radius 1 is 1.11 bits per heavy atom. The molecule has 0 spiro atoms. The minimum absolute atomic E-state index is 0.0292. The van der Waals surface area contributed by atoms with Gasteiger partial charge >= 0.3 is 6.09 Å². The molecule has 28 heavy (non-hydrogen) atoms. The Bertz CT molecular complexity index is 872. The van der Waals surface area contributed by atoms with Crippen LogP contribution in [0.15, 0.2) is 30.6 Å². The highest BCUT2D eigenvalue weighted by Gasteiger charge is 2.26. The zero-order chi connectivity index (χ0) is 20.1. The molecule has 0 saturated carbocycles. The topological polar surface area (TPSA) is 87.7 Å².